The van der Waals surface area contributed by atoms with E-state index in [1.54, 1.807) is 6.07 Å². The summed E-state index contributed by atoms with van der Waals surface area (Å²) in [5, 5.41) is 9.91. The Labute approximate surface area is 115 Å². The number of aromatic nitrogens is 1. The zero-order chi connectivity index (χ0) is 13.1. The van der Waals surface area contributed by atoms with Crippen molar-refractivity contribution in [1.29, 1.82) is 0 Å². The normalized spacial score (nSPS) is 20.0. The van der Waals surface area contributed by atoms with Gasteiger partial charge in [0.25, 0.3) is 0 Å². The molecule has 0 amide bonds. The lowest BCUT2D eigenvalue weighted by molar-refractivity contribution is 0.00337. The highest BCUT2D eigenvalue weighted by Gasteiger charge is 2.23. The maximum absolute atomic E-state index is 9.11. The van der Waals surface area contributed by atoms with Crippen LogP contribution in [-0.4, -0.2) is 42.5 Å². The Kier molecular flexibility index (Phi) is 4.47. The molecule has 1 fully saturated rings. The number of hydrogen-bond donors (Lipinski definition) is 3. The monoisotopic (exact) mass is 292 g/mol. The summed E-state index contributed by atoms with van der Waals surface area (Å²) in [6.07, 6.45) is -0.235. The van der Waals surface area contributed by atoms with E-state index in [1.165, 1.54) is 0 Å². The number of rotatable bonds is 3. The molecule has 1 aromatic rings. The number of aliphatic hydroxyl groups excluding tert-OH is 1. The summed E-state index contributed by atoms with van der Waals surface area (Å²) in [7, 11) is 0. The summed E-state index contributed by atoms with van der Waals surface area (Å²) in [4.78, 5) is 6.21. The molecule has 0 saturated carbocycles. The van der Waals surface area contributed by atoms with Crippen molar-refractivity contribution >= 4 is 34.8 Å². The van der Waals surface area contributed by atoms with E-state index < -0.39 is 0 Å². The summed E-state index contributed by atoms with van der Waals surface area (Å²) in [5.74, 6) is 6.27. The van der Waals surface area contributed by atoms with E-state index in [4.69, 9.17) is 38.9 Å². The minimum Gasteiger partial charge on any atom is -0.394 e. The molecule has 1 saturated heterocycles. The van der Waals surface area contributed by atoms with Crippen LogP contribution in [0.5, 0.6) is 0 Å². The lowest BCUT2D eigenvalue weighted by Gasteiger charge is -2.33. The molecule has 100 valence electrons. The molecule has 1 aliphatic heterocycles. The third-order valence-electron chi connectivity index (χ3n) is 2.69. The third kappa shape index (κ3) is 2.78. The van der Waals surface area contributed by atoms with E-state index >= 15 is 0 Å². The van der Waals surface area contributed by atoms with Crippen LogP contribution in [0.1, 0.15) is 0 Å². The quantitative estimate of drug-likeness (QED) is 0.566. The van der Waals surface area contributed by atoms with Crippen molar-refractivity contribution in [1.82, 2.24) is 4.98 Å². The lowest BCUT2D eigenvalue weighted by Crippen LogP contribution is -2.44. The number of ether oxygens (including phenoxy) is 1. The zero-order valence-electron chi connectivity index (χ0n) is 9.57. The van der Waals surface area contributed by atoms with Crippen LogP contribution in [0.25, 0.3) is 0 Å². The SMILES string of the molecule is NNc1nc(N2CCOC(CO)C2)c(Cl)cc1Cl. The van der Waals surface area contributed by atoms with Crippen LogP contribution in [0.15, 0.2) is 6.07 Å². The average molecular weight is 293 g/mol. The third-order valence-corrected chi connectivity index (χ3v) is 3.26. The van der Waals surface area contributed by atoms with E-state index in [2.05, 4.69) is 10.4 Å². The number of nitrogens with zero attached hydrogens (tertiary/aromatic N) is 2. The molecule has 1 aliphatic rings. The van der Waals surface area contributed by atoms with Crippen molar-refractivity contribution in [3.63, 3.8) is 0 Å². The van der Waals surface area contributed by atoms with E-state index in [1.807, 2.05) is 4.90 Å². The van der Waals surface area contributed by atoms with Crippen molar-refractivity contribution < 1.29 is 9.84 Å². The molecule has 4 N–H and O–H groups in total. The molecule has 1 aromatic heterocycles. The van der Waals surface area contributed by atoms with Crippen LogP contribution >= 0.6 is 23.2 Å². The highest BCUT2D eigenvalue weighted by Crippen LogP contribution is 2.31. The number of halogens is 2. The number of hydrazine groups is 1. The Bertz CT molecular complexity index is 433. The molecule has 0 spiro atoms. The first kappa shape index (κ1) is 13.6. The van der Waals surface area contributed by atoms with Crippen LogP contribution in [-0.2, 0) is 4.74 Å². The summed E-state index contributed by atoms with van der Waals surface area (Å²) >= 11 is 12.0. The van der Waals surface area contributed by atoms with Gasteiger partial charge >= 0.3 is 0 Å². The molecule has 2 heterocycles. The van der Waals surface area contributed by atoms with Gasteiger partial charge in [0.2, 0.25) is 0 Å². The number of pyridine rings is 1. The predicted octanol–water partition coefficient (Wildman–Crippen LogP) is 0.872. The number of anilines is 2. The molecule has 8 heteroatoms. The first-order chi connectivity index (χ1) is 8.65. The van der Waals surface area contributed by atoms with Gasteiger partial charge < -0.3 is 20.2 Å². The summed E-state index contributed by atoms with van der Waals surface area (Å²) in [6.45, 7) is 1.64. The number of nitrogen functional groups attached to an aromatic ring is 1. The molecular formula is C10H14Cl2N4O2. The van der Waals surface area contributed by atoms with Crippen LogP contribution < -0.4 is 16.2 Å². The van der Waals surface area contributed by atoms with E-state index in [0.717, 1.165) is 0 Å². The first-order valence-corrected chi connectivity index (χ1v) is 6.21. The second-order valence-electron chi connectivity index (χ2n) is 3.89. The van der Waals surface area contributed by atoms with Crippen molar-refractivity contribution in [2.75, 3.05) is 36.6 Å². The molecule has 0 bridgehead atoms. The Morgan fingerprint density at radius 1 is 1.56 bits per heavy atom. The van der Waals surface area contributed by atoms with Crippen molar-refractivity contribution in [2.24, 2.45) is 5.84 Å². The number of aliphatic hydroxyl groups is 1. The van der Waals surface area contributed by atoms with Gasteiger partial charge in [0.05, 0.1) is 29.4 Å². The lowest BCUT2D eigenvalue weighted by atomic mass is 10.2. The highest BCUT2D eigenvalue weighted by molar-refractivity contribution is 6.37. The standard InChI is InChI=1S/C10H14Cl2N4O2/c11-7-3-8(12)10(14-9(7)15-13)16-1-2-18-6(4-16)5-17/h3,6,17H,1-2,4-5,13H2,(H,14,15). The molecule has 2 rings (SSSR count). The van der Waals surface area contributed by atoms with Gasteiger partial charge in [-0.1, -0.05) is 23.2 Å². The molecule has 0 aliphatic carbocycles. The van der Waals surface area contributed by atoms with Crippen LogP contribution in [0, 0.1) is 0 Å². The fourth-order valence-electron chi connectivity index (χ4n) is 1.80. The molecular weight excluding hydrogens is 279 g/mol. The Hall–Kier alpha value is -0.790. The van der Waals surface area contributed by atoms with Crippen molar-refractivity contribution in [2.45, 2.75) is 6.10 Å². The van der Waals surface area contributed by atoms with Gasteiger partial charge in [0.1, 0.15) is 5.82 Å². The molecule has 1 unspecified atom stereocenters. The van der Waals surface area contributed by atoms with Gasteiger partial charge in [-0.3, -0.25) is 0 Å². The second kappa shape index (κ2) is 5.90. The molecule has 6 nitrogen and oxygen atoms in total. The number of morpholine rings is 1. The van der Waals surface area contributed by atoms with E-state index in [-0.39, 0.29) is 12.7 Å². The summed E-state index contributed by atoms with van der Waals surface area (Å²) < 4.78 is 5.37. The van der Waals surface area contributed by atoms with Crippen LogP contribution in [0.2, 0.25) is 10.0 Å². The summed E-state index contributed by atoms with van der Waals surface area (Å²) in [5.41, 5.74) is 2.42. The Morgan fingerprint density at radius 2 is 2.33 bits per heavy atom. The highest BCUT2D eigenvalue weighted by atomic mass is 35.5. The van der Waals surface area contributed by atoms with Crippen LogP contribution in [0.3, 0.4) is 0 Å². The fourth-order valence-corrected chi connectivity index (χ4v) is 2.33. The minimum absolute atomic E-state index is 0.0380. The maximum Gasteiger partial charge on any atom is 0.161 e. The minimum atomic E-state index is -0.235. The molecule has 0 radical (unpaired) electrons. The van der Waals surface area contributed by atoms with Gasteiger partial charge in [-0.25, -0.2) is 10.8 Å². The van der Waals surface area contributed by atoms with Crippen molar-refractivity contribution in [3.8, 4) is 0 Å². The second-order valence-corrected chi connectivity index (χ2v) is 4.70. The Morgan fingerprint density at radius 3 is 3.00 bits per heavy atom. The average Bonchev–Trinajstić information content (AvgIpc) is 2.39. The summed E-state index contributed by atoms with van der Waals surface area (Å²) in [6, 6.07) is 1.59. The van der Waals surface area contributed by atoms with Crippen LogP contribution in [0.4, 0.5) is 11.6 Å². The predicted molar refractivity (Wildman–Crippen MR) is 71.1 cm³/mol. The number of hydrogen-bond acceptors (Lipinski definition) is 6. The maximum atomic E-state index is 9.11. The Balaban J connectivity index is 2.26. The van der Waals surface area contributed by atoms with Crippen molar-refractivity contribution in [3.05, 3.63) is 16.1 Å². The molecule has 0 aromatic carbocycles. The topological polar surface area (TPSA) is 83.6 Å². The van der Waals surface area contributed by atoms with Gasteiger partial charge in [-0.15, -0.1) is 0 Å². The van der Waals surface area contributed by atoms with Gasteiger partial charge in [0.15, 0.2) is 5.82 Å². The molecule has 1 atom stereocenters. The molecule has 18 heavy (non-hydrogen) atoms. The number of nitrogens with one attached hydrogen (secondary N) is 1. The van der Waals surface area contributed by atoms with E-state index in [9.17, 15) is 0 Å². The smallest absolute Gasteiger partial charge is 0.161 e. The van der Waals surface area contributed by atoms with E-state index in [0.29, 0.717) is 41.4 Å². The van der Waals surface area contributed by atoms with Gasteiger partial charge in [0, 0.05) is 13.1 Å². The largest absolute Gasteiger partial charge is 0.394 e. The van der Waals surface area contributed by atoms with Gasteiger partial charge in [-0.05, 0) is 6.07 Å². The van der Waals surface area contributed by atoms with Gasteiger partial charge in [-0.2, -0.15) is 0 Å². The fraction of sp³-hybridized carbons (Fsp3) is 0.500. The first-order valence-electron chi connectivity index (χ1n) is 5.45. The zero-order valence-corrected chi connectivity index (χ0v) is 11.1. The number of nitrogens with two attached hydrogens (primary N) is 1.